The molecule has 2 heterocycles. The van der Waals surface area contributed by atoms with Crippen LogP contribution < -0.4 is 10.2 Å². The maximum absolute atomic E-state index is 13.3. The van der Waals surface area contributed by atoms with Gasteiger partial charge in [0.15, 0.2) is 0 Å². The lowest BCUT2D eigenvalue weighted by Crippen LogP contribution is -2.24. The van der Waals surface area contributed by atoms with Gasteiger partial charge in [-0.15, -0.1) is 11.3 Å². The summed E-state index contributed by atoms with van der Waals surface area (Å²) in [6.45, 7) is 0.476. The lowest BCUT2D eigenvalue weighted by molar-refractivity contribution is -0.116. The first-order valence-electron chi connectivity index (χ1n) is 9.16. The van der Waals surface area contributed by atoms with Crippen LogP contribution in [0.25, 0.3) is 20.7 Å². The fourth-order valence-corrected chi connectivity index (χ4v) is 4.06. The van der Waals surface area contributed by atoms with E-state index in [1.54, 1.807) is 29.8 Å². The molecule has 0 aliphatic rings. The second-order valence-corrected chi connectivity index (χ2v) is 7.65. The van der Waals surface area contributed by atoms with Crippen molar-refractivity contribution in [2.45, 2.75) is 6.42 Å². The Morgan fingerprint density at radius 3 is 2.72 bits per heavy atom. The summed E-state index contributed by atoms with van der Waals surface area (Å²) in [6, 6.07) is 18.1. The number of nitrogens with one attached hydrogen (secondary N) is 1. The summed E-state index contributed by atoms with van der Waals surface area (Å²) in [5.41, 5.74) is 1.59. The van der Waals surface area contributed by atoms with Crippen molar-refractivity contribution in [3.63, 3.8) is 0 Å². The van der Waals surface area contributed by atoms with Crippen LogP contribution >= 0.6 is 11.3 Å². The lowest BCUT2D eigenvalue weighted by atomic mass is 10.2. The quantitative estimate of drug-likeness (QED) is 0.492. The molecule has 0 atom stereocenters. The minimum absolute atomic E-state index is 0.178. The summed E-state index contributed by atoms with van der Waals surface area (Å²) >= 11 is 1.62. The highest BCUT2D eigenvalue weighted by Crippen LogP contribution is 2.35. The Morgan fingerprint density at radius 2 is 1.93 bits per heavy atom. The summed E-state index contributed by atoms with van der Waals surface area (Å²) < 4.78 is 13.3. The Balaban J connectivity index is 1.47. The van der Waals surface area contributed by atoms with E-state index < -0.39 is 0 Å². The molecular weight excluding hydrogens is 387 g/mol. The van der Waals surface area contributed by atoms with Gasteiger partial charge in [-0.05, 0) is 29.8 Å². The molecular formula is C22H19FN4OS. The minimum Gasteiger partial charge on any atom is -0.359 e. The van der Waals surface area contributed by atoms with Crippen LogP contribution in [0.3, 0.4) is 0 Å². The smallest absolute Gasteiger partial charge is 0.226 e. The van der Waals surface area contributed by atoms with E-state index in [-0.39, 0.29) is 18.1 Å². The monoisotopic (exact) mass is 406 g/mol. The third-order valence-electron chi connectivity index (χ3n) is 4.51. The van der Waals surface area contributed by atoms with Crippen LogP contribution in [0, 0.1) is 5.82 Å². The van der Waals surface area contributed by atoms with Gasteiger partial charge < -0.3 is 10.2 Å². The van der Waals surface area contributed by atoms with E-state index in [0.717, 1.165) is 26.5 Å². The van der Waals surface area contributed by atoms with E-state index in [2.05, 4.69) is 33.5 Å². The Bertz CT molecular complexity index is 1150. The molecule has 29 heavy (non-hydrogen) atoms. The average molecular weight is 406 g/mol. The predicted octanol–water partition coefficient (Wildman–Crippen LogP) is 4.96. The zero-order chi connectivity index (χ0) is 20.2. The molecule has 0 saturated carbocycles. The van der Waals surface area contributed by atoms with Gasteiger partial charge in [0.25, 0.3) is 0 Å². The number of carbonyl (C=O) groups is 1. The third-order valence-corrected chi connectivity index (χ3v) is 5.60. The van der Waals surface area contributed by atoms with Crippen LogP contribution in [0.4, 0.5) is 15.9 Å². The number of thiophene rings is 1. The molecule has 0 bridgehead atoms. The number of anilines is 2. The van der Waals surface area contributed by atoms with Crippen molar-refractivity contribution in [3.8, 4) is 10.4 Å². The minimum atomic E-state index is -0.380. The first kappa shape index (κ1) is 19.0. The molecule has 4 aromatic rings. The van der Waals surface area contributed by atoms with Gasteiger partial charge in [0.2, 0.25) is 5.91 Å². The molecule has 0 fully saturated rings. The van der Waals surface area contributed by atoms with Gasteiger partial charge in [-0.25, -0.2) is 14.4 Å². The number of benzene rings is 2. The van der Waals surface area contributed by atoms with Crippen molar-refractivity contribution in [1.82, 2.24) is 9.97 Å². The van der Waals surface area contributed by atoms with Crippen LogP contribution in [-0.4, -0.2) is 29.5 Å². The molecule has 5 nitrogen and oxygen atoms in total. The van der Waals surface area contributed by atoms with Crippen LogP contribution in [0.1, 0.15) is 6.42 Å². The molecule has 0 spiro atoms. The highest BCUT2D eigenvalue weighted by atomic mass is 32.1. The SMILES string of the molecule is CN(CCC(=O)Nc1cccc(F)c1)c1ncnc2sc(-c3ccccc3)cc12. The van der Waals surface area contributed by atoms with E-state index in [1.165, 1.54) is 12.1 Å². The number of amides is 1. The molecule has 0 aliphatic heterocycles. The fourth-order valence-electron chi connectivity index (χ4n) is 3.06. The first-order chi connectivity index (χ1) is 14.1. The van der Waals surface area contributed by atoms with Crippen LogP contribution in [0.15, 0.2) is 67.0 Å². The number of aromatic nitrogens is 2. The van der Waals surface area contributed by atoms with E-state index in [1.807, 2.05) is 30.1 Å². The maximum atomic E-state index is 13.3. The van der Waals surface area contributed by atoms with E-state index in [0.29, 0.717) is 12.2 Å². The fraction of sp³-hybridized carbons (Fsp3) is 0.136. The number of nitrogens with zero attached hydrogens (tertiary/aromatic N) is 3. The summed E-state index contributed by atoms with van der Waals surface area (Å²) in [4.78, 5) is 25.0. The predicted molar refractivity (Wildman–Crippen MR) is 116 cm³/mol. The van der Waals surface area contributed by atoms with Crippen LogP contribution in [-0.2, 0) is 4.79 Å². The lowest BCUT2D eigenvalue weighted by Gasteiger charge is -2.18. The molecule has 0 unspecified atom stereocenters. The molecule has 0 saturated heterocycles. The van der Waals surface area contributed by atoms with Crippen molar-refractivity contribution in [1.29, 1.82) is 0 Å². The highest BCUT2D eigenvalue weighted by Gasteiger charge is 2.14. The largest absolute Gasteiger partial charge is 0.359 e. The van der Waals surface area contributed by atoms with Gasteiger partial charge in [0, 0.05) is 30.6 Å². The molecule has 0 aliphatic carbocycles. The van der Waals surface area contributed by atoms with Crippen molar-refractivity contribution >= 4 is 39.0 Å². The number of rotatable bonds is 6. The second kappa shape index (κ2) is 8.36. The molecule has 0 radical (unpaired) electrons. The third kappa shape index (κ3) is 4.41. The Kier molecular flexibility index (Phi) is 5.48. The number of hydrogen-bond donors (Lipinski definition) is 1. The van der Waals surface area contributed by atoms with E-state index in [9.17, 15) is 9.18 Å². The highest BCUT2D eigenvalue weighted by molar-refractivity contribution is 7.21. The molecule has 1 N–H and O–H groups in total. The van der Waals surface area contributed by atoms with Gasteiger partial charge in [-0.1, -0.05) is 36.4 Å². The molecule has 1 amide bonds. The Labute approximate surface area is 171 Å². The zero-order valence-electron chi connectivity index (χ0n) is 15.8. The number of fused-ring (bicyclic) bond motifs is 1. The topological polar surface area (TPSA) is 58.1 Å². The second-order valence-electron chi connectivity index (χ2n) is 6.62. The van der Waals surface area contributed by atoms with Crippen molar-refractivity contribution in [2.24, 2.45) is 0 Å². The van der Waals surface area contributed by atoms with Gasteiger partial charge in [-0.3, -0.25) is 4.79 Å². The van der Waals surface area contributed by atoms with Gasteiger partial charge in [-0.2, -0.15) is 0 Å². The van der Waals surface area contributed by atoms with Gasteiger partial charge >= 0.3 is 0 Å². The summed E-state index contributed by atoms with van der Waals surface area (Å²) in [7, 11) is 1.90. The number of carbonyl (C=O) groups excluding carboxylic acids is 1. The van der Waals surface area contributed by atoms with Crippen LogP contribution in [0.2, 0.25) is 0 Å². The summed E-state index contributed by atoms with van der Waals surface area (Å²) in [5.74, 6) is 0.227. The van der Waals surface area contributed by atoms with E-state index in [4.69, 9.17) is 0 Å². The number of halogens is 1. The van der Waals surface area contributed by atoms with E-state index >= 15 is 0 Å². The summed E-state index contributed by atoms with van der Waals surface area (Å²) in [6.07, 6.45) is 1.81. The normalized spacial score (nSPS) is 10.8. The Morgan fingerprint density at radius 1 is 1.10 bits per heavy atom. The standard InChI is InChI=1S/C22H19FN4OS/c1-27(11-10-20(28)26-17-9-5-8-16(23)12-17)21-18-13-19(15-6-3-2-4-7-15)29-22(18)25-14-24-21/h2-9,12-14H,10-11H2,1H3,(H,26,28). The number of hydrogen-bond acceptors (Lipinski definition) is 5. The molecule has 7 heteroatoms. The first-order valence-corrected chi connectivity index (χ1v) is 9.98. The molecule has 2 aromatic heterocycles. The summed E-state index contributed by atoms with van der Waals surface area (Å²) in [5, 5.41) is 3.68. The molecule has 2 aromatic carbocycles. The maximum Gasteiger partial charge on any atom is 0.226 e. The zero-order valence-corrected chi connectivity index (χ0v) is 16.6. The van der Waals surface area contributed by atoms with Gasteiger partial charge in [0.05, 0.1) is 5.39 Å². The van der Waals surface area contributed by atoms with Crippen molar-refractivity contribution in [3.05, 3.63) is 72.8 Å². The van der Waals surface area contributed by atoms with Crippen molar-refractivity contribution < 1.29 is 9.18 Å². The van der Waals surface area contributed by atoms with Crippen LogP contribution in [0.5, 0.6) is 0 Å². The average Bonchev–Trinajstić information content (AvgIpc) is 3.17. The molecule has 4 rings (SSSR count). The Hall–Kier alpha value is -3.32. The van der Waals surface area contributed by atoms with Crippen molar-refractivity contribution in [2.75, 3.05) is 23.8 Å². The van der Waals surface area contributed by atoms with Gasteiger partial charge in [0.1, 0.15) is 22.8 Å². The molecule has 146 valence electrons.